The first-order valence-electron chi connectivity index (χ1n) is 7.16. The number of rotatable bonds is 4. The summed E-state index contributed by atoms with van der Waals surface area (Å²) in [5.41, 5.74) is 10.7. The number of anilines is 1. The van der Waals surface area contributed by atoms with Crippen LogP contribution in [-0.2, 0) is 6.54 Å². The maximum absolute atomic E-state index is 5.75. The molecule has 4 heteroatoms. The van der Waals surface area contributed by atoms with Gasteiger partial charge in [0.2, 0.25) is 0 Å². The van der Waals surface area contributed by atoms with Crippen molar-refractivity contribution in [3.8, 4) is 0 Å². The molecule has 0 bridgehead atoms. The number of aromatic nitrogens is 1. The number of aryl methyl sites for hydroxylation is 2. The molecule has 1 unspecified atom stereocenters. The molecule has 106 valence electrons. The number of hydrogen-bond acceptors (Lipinski definition) is 4. The molecule has 1 atom stereocenters. The number of nitrogens with zero attached hydrogens (tertiary/aromatic N) is 2. The summed E-state index contributed by atoms with van der Waals surface area (Å²) < 4.78 is 5.27. The second-order valence-corrected chi connectivity index (χ2v) is 5.52. The zero-order chi connectivity index (χ0) is 14.1. The van der Waals surface area contributed by atoms with Crippen LogP contribution in [0.4, 0.5) is 5.69 Å². The Morgan fingerprint density at radius 1 is 1.35 bits per heavy atom. The fourth-order valence-corrected chi connectivity index (χ4v) is 3.10. The van der Waals surface area contributed by atoms with Crippen LogP contribution in [0.2, 0.25) is 0 Å². The van der Waals surface area contributed by atoms with E-state index in [1.54, 1.807) is 0 Å². The summed E-state index contributed by atoms with van der Waals surface area (Å²) in [6.45, 7) is 6.61. The lowest BCUT2D eigenvalue weighted by atomic mass is 9.98. The van der Waals surface area contributed by atoms with E-state index in [4.69, 9.17) is 10.3 Å². The molecule has 0 aliphatic carbocycles. The van der Waals surface area contributed by atoms with Crippen molar-refractivity contribution in [3.63, 3.8) is 0 Å². The highest BCUT2D eigenvalue weighted by atomic mass is 16.5. The molecular formula is C16H21N3O. The van der Waals surface area contributed by atoms with Crippen LogP contribution < -0.4 is 10.6 Å². The van der Waals surface area contributed by atoms with Crippen molar-refractivity contribution in [1.82, 2.24) is 5.16 Å². The third-order valence-electron chi connectivity index (χ3n) is 4.20. The maximum atomic E-state index is 5.75. The van der Waals surface area contributed by atoms with Gasteiger partial charge in [-0.3, -0.25) is 0 Å². The number of hydrogen-bond donors (Lipinski definition) is 1. The fourth-order valence-electron chi connectivity index (χ4n) is 3.10. The molecule has 0 saturated carbocycles. The van der Waals surface area contributed by atoms with Gasteiger partial charge in [0.15, 0.2) is 0 Å². The van der Waals surface area contributed by atoms with Crippen LogP contribution >= 0.6 is 0 Å². The minimum absolute atomic E-state index is 0.539. The topological polar surface area (TPSA) is 55.3 Å². The quantitative estimate of drug-likeness (QED) is 0.929. The Morgan fingerprint density at radius 3 is 2.85 bits per heavy atom. The monoisotopic (exact) mass is 271 g/mol. The van der Waals surface area contributed by atoms with E-state index >= 15 is 0 Å². The Balaban J connectivity index is 1.89. The van der Waals surface area contributed by atoms with Gasteiger partial charge in [0.25, 0.3) is 0 Å². The molecule has 0 radical (unpaired) electrons. The third-order valence-corrected chi connectivity index (χ3v) is 4.20. The molecule has 1 aromatic carbocycles. The van der Waals surface area contributed by atoms with Crippen molar-refractivity contribution in [3.05, 3.63) is 46.8 Å². The molecule has 0 amide bonds. The van der Waals surface area contributed by atoms with Gasteiger partial charge in [-0.1, -0.05) is 23.4 Å². The minimum Gasteiger partial charge on any atom is -0.366 e. The van der Waals surface area contributed by atoms with Crippen LogP contribution in [0.1, 0.15) is 34.9 Å². The summed E-state index contributed by atoms with van der Waals surface area (Å²) in [5.74, 6) is 1.46. The maximum Gasteiger partial charge on any atom is 0.138 e. The van der Waals surface area contributed by atoms with E-state index in [1.807, 2.05) is 13.8 Å². The average molecular weight is 271 g/mol. The summed E-state index contributed by atoms with van der Waals surface area (Å²) >= 11 is 0. The molecular weight excluding hydrogens is 250 g/mol. The molecule has 0 fully saturated rings. The van der Waals surface area contributed by atoms with E-state index in [-0.39, 0.29) is 0 Å². The molecule has 20 heavy (non-hydrogen) atoms. The van der Waals surface area contributed by atoms with E-state index in [1.165, 1.54) is 16.8 Å². The first-order valence-corrected chi connectivity index (χ1v) is 7.16. The molecule has 0 saturated heterocycles. The van der Waals surface area contributed by atoms with Gasteiger partial charge >= 0.3 is 0 Å². The zero-order valence-electron chi connectivity index (χ0n) is 12.1. The predicted molar refractivity (Wildman–Crippen MR) is 79.9 cm³/mol. The zero-order valence-corrected chi connectivity index (χ0v) is 12.1. The van der Waals surface area contributed by atoms with Crippen LogP contribution in [0.25, 0.3) is 0 Å². The van der Waals surface area contributed by atoms with E-state index in [0.29, 0.717) is 5.92 Å². The lowest BCUT2D eigenvalue weighted by Gasteiger charge is -2.19. The first kappa shape index (κ1) is 13.2. The van der Waals surface area contributed by atoms with Crippen molar-refractivity contribution in [1.29, 1.82) is 0 Å². The van der Waals surface area contributed by atoms with Crippen molar-refractivity contribution in [2.24, 2.45) is 5.73 Å². The summed E-state index contributed by atoms with van der Waals surface area (Å²) in [5, 5.41) is 4.05. The van der Waals surface area contributed by atoms with Gasteiger partial charge in [-0.15, -0.1) is 0 Å². The summed E-state index contributed by atoms with van der Waals surface area (Å²) in [6, 6.07) is 8.64. The molecule has 1 aromatic heterocycles. The van der Waals surface area contributed by atoms with E-state index in [9.17, 15) is 0 Å². The van der Waals surface area contributed by atoms with E-state index in [0.717, 1.165) is 37.5 Å². The average Bonchev–Trinajstić information content (AvgIpc) is 2.96. The molecule has 4 nitrogen and oxygen atoms in total. The van der Waals surface area contributed by atoms with Crippen molar-refractivity contribution >= 4 is 5.69 Å². The number of nitrogens with two attached hydrogens (primary N) is 1. The molecule has 2 heterocycles. The van der Waals surface area contributed by atoms with Crippen LogP contribution in [0, 0.1) is 13.8 Å². The van der Waals surface area contributed by atoms with Crippen molar-refractivity contribution < 1.29 is 4.52 Å². The highest BCUT2D eigenvalue weighted by Crippen LogP contribution is 2.38. The van der Waals surface area contributed by atoms with Gasteiger partial charge in [0.1, 0.15) is 5.76 Å². The fraction of sp³-hybridized carbons (Fsp3) is 0.438. The van der Waals surface area contributed by atoms with Gasteiger partial charge in [0, 0.05) is 30.3 Å². The standard InChI is InChI=1S/C16H21N3O/c1-11-15(12(2)20-18-11)10-19-9-13(7-8-17)14-5-3-4-6-16(14)19/h3-6,13H,7-10,17H2,1-2H3. The SMILES string of the molecule is Cc1noc(C)c1CN1CC(CCN)c2ccccc21. The van der Waals surface area contributed by atoms with E-state index < -0.39 is 0 Å². The van der Waals surface area contributed by atoms with Crippen molar-refractivity contribution in [2.45, 2.75) is 32.7 Å². The van der Waals surface area contributed by atoms with Crippen LogP contribution in [-0.4, -0.2) is 18.2 Å². The molecule has 3 rings (SSSR count). The van der Waals surface area contributed by atoms with Crippen LogP contribution in [0.5, 0.6) is 0 Å². The van der Waals surface area contributed by atoms with Gasteiger partial charge in [0.05, 0.1) is 5.69 Å². The molecule has 1 aliphatic rings. The minimum atomic E-state index is 0.539. The summed E-state index contributed by atoms with van der Waals surface area (Å²) in [6.07, 6.45) is 1.04. The van der Waals surface area contributed by atoms with E-state index in [2.05, 4.69) is 34.3 Å². The van der Waals surface area contributed by atoms with Gasteiger partial charge in [-0.05, 0) is 38.4 Å². The van der Waals surface area contributed by atoms with Gasteiger partial charge in [-0.25, -0.2) is 0 Å². The lowest BCUT2D eigenvalue weighted by molar-refractivity contribution is 0.392. The first-order chi connectivity index (χ1) is 9.70. The lowest BCUT2D eigenvalue weighted by Crippen LogP contribution is -2.22. The Labute approximate surface area is 119 Å². The Hall–Kier alpha value is -1.81. The Bertz CT molecular complexity index is 586. The van der Waals surface area contributed by atoms with Gasteiger partial charge in [-0.2, -0.15) is 0 Å². The smallest absolute Gasteiger partial charge is 0.138 e. The Kier molecular flexibility index (Phi) is 3.49. The number of para-hydroxylation sites is 1. The molecule has 2 N–H and O–H groups in total. The summed E-state index contributed by atoms with van der Waals surface area (Å²) in [4.78, 5) is 2.42. The second kappa shape index (κ2) is 5.29. The Morgan fingerprint density at radius 2 is 2.15 bits per heavy atom. The second-order valence-electron chi connectivity index (χ2n) is 5.52. The molecule has 1 aliphatic heterocycles. The van der Waals surface area contributed by atoms with Crippen LogP contribution in [0.3, 0.4) is 0 Å². The molecule has 0 spiro atoms. The number of benzene rings is 1. The highest BCUT2D eigenvalue weighted by Gasteiger charge is 2.28. The third kappa shape index (κ3) is 2.20. The predicted octanol–water partition coefficient (Wildman–Crippen LogP) is 2.74. The normalized spacial score (nSPS) is 17.6. The largest absolute Gasteiger partial charge is 0.366 e. The molecule has 2 aromatic rings. The van der Waals surface area contributed by atoms with Crippen LogP contribution in [0.15, 0.2) is 28.8 Å². The highest BCUT2D eigenvalue weighted by molar-refractivity contribution is 5.60. The van der Waals surface area contributed by atoms with Crippen molar-refractivity contribution in [2.75, 3.05) is 18.0 Å². The summed E-state index contributed by atoms with van der Waals surface area (Å²) in [7, 11) is 0. The van der Waals surface area contributed by atoms with Gasteiger partial charge < -0.3 is 15.2 Å². The number of fused-ring (bicyclic) bond motifs is 1.